The molecule has 146 valence electrons. The van der Waals surface area contributed by atoms with E-state index >= 15 is 0 Å². The Morgan fingerprint density at radius 1 is 1.07 bits per heavy atom. The number of carbonyl (C=O) groups is 1. The number of hydrogen-bond acceptors (Lipinski definition) is 4. The SMILES string of the molecule is CCN(CCCNC(=O)c1ccc(Cn2ccccc2=O)o1)c1ccccc1. The molecule has 0 bridgehead atoms. The van der Waals surface area contributed by atoms with Crippen molar-refractivity contribution in [3.05, 3.63) is 88.7 Å². The van der Waals surface area contributed by atoms with Crippen LogP contribution in [0.4, 0.5) is 5.69 Å². The number of pyridine rings is 1. The summed E-state index contributed by atoms with van der Waals surface area (Å²) in [5.41, 5.74) is 1.08. The summed E-state index contributed by atoms with van der Waals surface area (Å²) in [5.74, 6) is 0.587. The fourth-order valence-electron chi connectivity index (χ4n) is 3.01. The fourth-order valence-corrected chi connectivity index (χ4v) is 3.01. The highest BCUT2D eigenvalue weighted by atomic mass is 16.4. The highest BCUT2D eigenvalue weighted by Crippen LogP contribution is 2.13. The molecule has 3 rings (SSSR count). The minimum atomic E-state index is -0.241. The molecule has 0 fully saturated rings. The zero-order valence-corrected chi connectivity index (χ0v) is 16.0. The van der Waals surface area contributed by atoms with E-state index in [4.69, 9.17) is 4.42 Å². The first-order chi connectivity index (χ1) is 13.7. The smallest absolute Gasteiger partial charge is 0.286 e. The number of furan rings is 1. The van der Waals surface area contributed by atoms with Gasteiger partial charge in [0.1, 0.15) is 5.76 Å². The Labute approximate surface area is 164 Å². The Bertz CT molecular complexity index is 947. The summed E-state index contributed by atoms with van der Waals surface area (Å²) in [6.07, 6.45) is 2.53. The third-order valence-electron chi connectivity index (χ3n) is 4.50. The number of nitrogens with zero attached hydrogens (tertiary/aromatic N) is 2. The summed E-state index contributed by atoms with van der Waals surface area (Å²) in [6, 6.07) is 18.6. The van der Waals surface area contributed by atoms with Gasteiger partial charge >= 0.3 is 0 Å². The summed E-state index contributed by atoms with van der Waals surface area (Å²) in [4.78, 5) is 26.3. The van der Waals surface area contributed by atoms with Gasteiger partial charge in [-0.3, -0.25) is 9.59 Å². The highest BCUT2D eigenvalue weighted by molar-refractivity contribution is 5.91. The van der Waals surface area contributed by atoms with Gasteiger partial charge in [-0.15, -0.1) is 0 Å². The van der Waals surface area contributed by atoms with E-state index in [1.807, 2.05) is 18.2 Å². The van der Waals surface area contributed by atoms with Crippen LogP contribution in [0, 0.1) is 0 Å². The Balaban J connectivity index is 1.47. The van der Waals surface area contributed by atoms with E-state index in [1.165, 1.54) is 16.3 Å². The predicted molar refractivity (Wildman–Crippen MR) is 110 cm³/mol. The molecule has 2 heterocycles. The maximum Gasteiger partial charge on any atom is 0.286 e. The van der Waals surface area contributed by atoms with Gasteiger partial charge in [0.2, 0.25) is 0 Å². The van der Waals surface area contributed by atoms with Gasteiger partial charge in [-0.2, -0.15) is 0 Å². The first-order valence-corrected chi connectivity index (χ1v) is 9.49. The van der Waals surface area contributed by atoms with E-state index in [0.29, 0.717) is 18.8 Å². The lowest BCUT2D eigenvalue weighted by atomic mass is 10.2. The average molecular weight is 379 g/mol. The molecular weight excluding hydrogens is 354 g/mol. The Morgan fingerprint density at radius 3 is 2.61 bits per heavy atom. The Morgan fingerprint density at radius 2 is 1.86 bits per heavy atom. The summed E-state index contributed by atoms with van der Waals surface area (Å²) in [7, 11) is 0. The van der Waals surface area contributed by atoms with Crippen LogP contribution in [0.15, 0.2) is 76.1 Å². The second-order valence-corrected chi connectivity index (χ2v) is 6.46. The maximum atomic E-state index is 12.3. The summed E-state index contributed by atoms with van der Waals surface area (Å²) in [5, 5.41) is 2.89. The quantitative estimate of drug-likeness (QED) is 0.580. The molecule has 0 unspecified atom stereocenters. The van der Waals surface area contributed by atoms with Crippen molar-refractivity contribution in [2.24, 2.45) is 0 Å². The van der Waals surface area contributed by atoms with Gasteiger partial charge in [-0.1, -0.05) is 24.3 Å². The Kier molecular flexibility index (Phi) is 6.68. The van der Waals surface area contributed by atoms with Gasteiger partial charge in [-0.05, 0) is 43.7 Å². The van der Waals surface area contributed by atoms with Crippen molar-refractivity contribution in [2.45, 2.75) is 19.9 Å². The standard InChI is InChI=1S/C22H25N3O3/c1-2-24(18-9-4-3-5-10-18)16-8-14-23-22(27)20-13-12-19(28-20)17-25-15-7-6-11-21(25)26/h3-7,9-13,15H,2,8,14,16-17H2,1H3,(H,23,27). The molecule has 1 N–H and O–H groups in total. The summed E-state index contributed by atoms with van der Waals surface area (Å²) in [6.45, 7) is 4.76. The first-order valence-electron chi connectivity index (χ1n) is 9.49. The van der Waals surface area contributed by atoms with Crippen LogP contribution in [-0.2, 0) is 6.54 Å². The third kappa shape index (κ3) is 5.13. The number of aromatic nitrogens is 1. The van der Waals surface area contributed by atoms with Crippen molar-refractivity contribution in [3.63, 3.8) is 0 Å². The summed E-state index contributed by atoms with van der Waals surface area (Å²) < 4.78 is 7.12. The van der Waals surface area contributed by atoms with Crippen molar-refractivity contribution in [1.29, 1.82) is 0 Å². The van der Waals surface area contributed by atoms with Crippen LogP contribution in [0.1, 0.15) is 29.7 Å². The lowest BCUT2D eigenvalue weighted by molar-refractivity contribution is 0.0923. The average Bonchev–Trinajstić information content (AvgIpc) is 3.19. The summed E-state index contributed by atoms with van der Waals surface area (Å²) >= 11 is 0. The molecule has 1 amide bonds. The second-order valence-electron chi connectivity index (χ2n) is 6.46. The van der Waals surface area contributed by atoms with Gasteiger partial charge < -0.3 is 19.2 Å². The molecule has 0 saturated heterocycles. The van der Waals surface area contributed by atoms with Gasteiger partial charge in [0.15, 0.2) is 5.76 Å². The number of para-hydroxylation sites is 1. The molecular formula is C22H25N3O3. The molecule has 6 heteroatoms. The molecule has 0 aliphatic rings. The molecule has 0 spiro atoms. The molecule has 1 aromatic carbocycles. The highest BCUT2D eigenvalue weighted by Gasteiger charge is 2.11. The molecule has 3 aromatic rings. The van der Waals surface area contributed by atoms with E-state index in [2.05, 4.69) is 29.3 Å². The number of hydrogen-bond donors (Lipinski definition) is 1. The topological polar surface area (TPSA) is 67.5 Å². The zero-order valence-electron chi connectivity index (χ0n) is 16.0. The van der Waals surface area contributed by atoms with Gasteiger partial charge in [0, 0.05) is 37.6 Å². The second kappa shape index (κ2) is 9.60. The van der Waals surface area contributed by atoms with Gasteiger partial charge in [0.25, 0.3) is 11.5 Å². The van der Waals surface area contributed by atoms with Crippen molar-refractivity contribution < 1.29 is 9.21 Å². The predicted octanol–water partition coefficient (Wildman–Crippen LogP) is 3.14. The number of anilines is 1. The van der Waals surface area contributed by atoms with Crippen molar-refractivity contribution in [2.75, 3.05) is 24.5 Å². The molecule has 0 aliphatic carbocycles. The van der Waals surface area contributed by atoms with E-state index in [1.54, 1.807) is 30.5 Å². The number of amides is 1. The molecule has 0 saturated carbocycles. The van der Waals surface area contributed by atoms with Gasteiger partial charge in [-0.25, -0.2) is 0 Å². The number of nitrogens with one attached hydrogen (secondary N) is 1. The first kappa shape index (κ1) is 19.5. The molecule has 6 nitrogen and oxygen atoms in total. The van der Waals surface area contributed by atoms with Crippen molar-refractivity contribution in [3.8, 4) is 0 Å². The van der Waals surface area contributed by atoms with Crippen LogP contribution < -0.4 is 15.8 Å². The van der Waals surface area contributed by atoms with E-state index in [-0.39, 0.29) is 17.2 Å². The molecule has 2 aromatic heterocycles. The number of rotatable bonds is 9. The van der Waals surface area contributed by atoms with Crippen LogP contribution in [-0.4, -0.2) is 30.1 Å². The largest absolute Gasteiger partial charge is 0.454 e. The van der Waals surface area contributed by atoms with Crippen LogP contribution in [0.2, 0.25) is 0 Å². The molecule has 0 aliphatic heterocycles. The van der Waals surface area contributed by atoms with E-state index < -0.39 is 0 Å². The number of carbonyl (C=O) groups excluding carboxylic acids is 1. The maximum absolute atomic E-state index is 12.3. The minimum Gasteiger partial charge on any atom is -0.454 e. The van der Waals surface area contributed by atoms with Crippen molar-refractivity contribution in [1.82, 2.24) is 9.88 Å². The number of benzene rings is 1. The zero-order chi connectivity index (χ0) is 19.8. The van der Waals surface area contributed by atoms with E-state index in [0.717, 1.165) is 19.5 Å². The Hall–Kier alpha value is -3.28. The lowest BCUT2D eigenvalue weighted by Crippen LogP contribution is -2.29. The van der Waals surface area contributed by atoms with Crippen molar-refractivity contribution >= 4 is 11.6 Å². The molecule has 28 heavy (non-hydrogen) atoms. The van der Waals surface area contributed by atoms with Crippen LogP contribution in [0.5, 0.6) is 0 Å². The fraction of sp³-hybridized carbons (Fsp3) is 0.273. The van der Waals surface area contributed by atoms with Crippen LogP contribution in [0.3, 0.4) is 0 Å². The molecule has 0 radical (unpaired) electrons. The monoisotopic (exact) mass is 379 g/mol. The van der Waals surface area contributed by atoms with Crippen LogP contribution >= 0.6 is 0 Å². The normalized spacial score (nSPS) is 10.6. The molecule has 0 atom stereocenters. The third-order valence-corrected chi connectivity index (χ3v) is 4.50. The van der Waals surface area contributed by atoms with Crippen LogP contribution in [0.25, 0.3) is 0 Å². The lowest BCUT2D eigenvalue weighted by Gasteiger charge is -2.23. The minimum absolute atomic E-state index is 0.108. The van der Waals surface area contributed by atoms with Gasteiger partial charge in [0.05, 0.1) is 6.54 Å². The van der Waals surface area contributed by atoms with E-state index in [9.17, 15) is 9.59 Å².